The van der Waals surface area contributed by atoms with Gasteiger partial charge in [-0.25, -0.2) is 0 Å². The molecule has 0 bridgehead atoms. The van der Waals surface area contributed by atoms with Gasteiger partial charge in [-0.1, -0.05) is 140 Å². The van der Waals surface area contributed by atoms with Crippen molar-refractivity contribution in [2.45, 2.75) is 6.42 Å². The first kappa shape index (κ1) is 32.5. The molecule has 0 saturated heterocycles. The summed E-state index contributed by atoms with van der Waals surface area (Å²) in [6, 6.07) is 67.0. The molecule has 3 heteroatoms. The highest BCUT2D eigenvalue weighted by molar-refractivity contribution is 6.12. The molecule has 1 aliphatic rings. The van der Waals surface area contributed by atoms with Crippen LogP contribution in [0.3, 0.4) is 0 Å². The van der Waals surface area contributed by atoms with E-state index in [0.717, 1.165) is 23.2 Å². The summed E-state index contributed by atoms with van der Waals surface area (Å²) in [6.45, 7) is 0. The van der Waals surface area contributed by atoms with Gasteiger partial charge in [0.15, 0.2) is 0 Å². The molecular formula is C52H39N3. The lowest BCUT2D eigenvalue weighted by molar-refractivity contribution is 1.01. The third-order valence-corrected chi connectivity index (χ3v) is 11.2. The van der Waals surface area contributed by atoms with Crippen molar-refractivity contribution in [1.29, 1.82) is 0 Å². The van der Waals surface area contributed by atoms with Gasteiger partial charge in [0, 0.05) is 51.0 Å². The van der Waals surface area contributed by atoms with Crippen LogP contribution in [-0.2, 0) is 13.5 Å². The molecule has 0 radical (unpaired) electrons. The topological polar surface area (TPSA) is 35.9 Å². The summed E-state index contributed by atoms with van der Waals surface area (Å²) < 4.78 is 4.70. The third kappa shape index (κ3) is 5.60. The highest BCUT2D eigenvalue weighted by Crippen LogP contribution is 2.40. The second-order valence-electron chi connectivity index (χ2n) is 14.4. The fraction of sp³-hybridized carbons (Fsp3) is 0.0385. The fourth-order valence-corrected chi connectivity index (χ4v) is 8.56. The zero-order chi connectivity index (χ0) is 36.9. The fourth-order valence-electron chi connectivity index (χ4n) is 8.56. The van der Waals surface area contributed by atoms with Crippen LogP contribution in [-0.4, -0.2) is 9.13 Å². The average molecular weight is 706 g/mol. The number of para-hydroxylation sites is 2. The number of aryl methyl sites for hydroxylation is 1. The van der Waals surface area contributed by atoms with Gasteiger partial charge in [-0.3, -0.25) is 0 Å². The second-order valence-corrected chi connectivity index (χ2v) is 14.4. The molecule has 8 aromatic carbocycles. The van der Waals surface area contributed by atoms with Gasteiger partial charge < -0.3 is 14.9 Å². The predicted molar refractivity (Wildman–Crippen MR) is 233 cm³/mol. The molecule has 0 spiro atoms. The number of nitrogens with two attached hydrogens (primary N) is 1. The van der Waals surface area contributed by atoms with E-state index in [1.165, 1.54) is 82.7 Å². The van der Waals surface area contributed by atoms with Crippen LogP contribution in [0, 0.1) is 0 Å². The summed E-state index contributed by atoms with van der Waals surface area (Å²) in [6.07, 6.45) is 3.09. The summed E-state index contributed by atoms with van der Waals surface area (Å²) in [5.41, 5.74) is 23.6. The maximum Gasteiger partial charge on any atom is 0.0541 e. The van der Waals surface area contributed by atoms with Gasteiger partial charge in [-0.15, -0.1) is 0 Å². The molecule has 10 aromatic rings. The molecule has 0 unspecified atom stereocenters. The first-order chi connectivity index (χ1) is 27.1. The van der Waals surface area contributed by atoms with Crippen LogP contribution in [0.4, 0.5) is 0 Å². The van der Waals surface area contributed by atoms with E-state index >= 15 is 0 Å². The van der Waals surface area contributed by atoms with Crippen molar-refractivity contribution in [3.63, 3.8) is 0 Å². The zero-order valence-electron chi connectivity index (χ0n) is 30.7. The summed E-state index contributed by atoms with van der Waals surface area (Å²) in [5, 5.41) is 5.03. The van der Waals surface area contributed by atoms with Gasteiger partial charge in [0.1, 0.15) is 0 Å². The number of fused-ring (bicyclic) bond motifs is 9. The summed E-state index contributed by atoms with van der Waals surface area (Å²) in [5.74, 6) is 0. The molecule has 11 rings (SSSR count). The first-order valence-corrected chi connectivity index (χ1v) is 18.9. The normalized spacial score (nSPS) is 12.2. The van der Waals surface area contributed by atoms with Crippen molar-refractivity contribution < 1.29 is 0 Å². The van der Waals surface area contributed by atoms with Crippen molar-refractivity contribution in [1.82, 2.24) is 9.13 Å². The molecule has 0 amide bonds. The lowest BCUT2D eigenvalue weighted by atomic mass is 9.97. The number of hydrogen-bond donors (Lipinski definition) is 1. The Balaban J connectivity index is 0.000000570. The van der Waals surface area contributed by atoms with Gasteiger partial charge in [0.25, 0.3) is 0 Å². The number of rotatable bonds is 4. The van der Waals surface area contributed by atoms with Gasteiger partial charge >= 0.3 is 0 Å². The Labute approximate surface area is 320 Å². The van der Waals surface area contributed by atoms with E-state index in [0.29, 0.717) is 0 Å². The smallest absolute Gasteiger partial charge is 0.0541 e. The average Bonchev–Trinajstić information content (AvgIpc) is 3.89. The van der Waals surface area contributed by atoms with Crippen LogP contribution in [0.25, 0.3) is 83.3 Å². The maximum absolute atomic E-state index is 6.84. The molecule has 2 N–H and O–H groups in total. The molecule has 0 fully saturated rings. The minimum Gasteiger partial charge on any atom is -0.398 e. The Morgan fingerprint density at radius 1 is 0.491 bits per heavy atom. The van der Waals surface area contributed by atoms with Crippen molar-refractivity contribution >= 4 is 55.4 Å². The Hall–Kier alpha value is -7.10. The highest BCUT2D eigenvalue weighted by Gasteiger charge is 2.20. The van der Waals surface area contributed by atoms with Crippen molar-refractivity contribution in [3.05, 3.63) is 210 Å². The van der Waals surface area contributed by atoms with E-state index in [1.807, 2.05) is 36.4 Å². The van der Waals surface area contributed by atoms with Gasteiger partial charge in [-0.05, 0) is 106 Å². The summed E-state index contributed by atoms with van der Waals surface area (Å²) in [7, 11) is 2.16. The van der Waals surface area contributed by atoms with Crippen LogP contribution >= 0.6 is 0 Å². The van der Waals surface area contributed by atoms with Crippen LogP contribution in [0.5, 0.6) is 0 Å². The van der Waals surface area contributed by atoms with Crippen molar-refractivity contribution in [2.75, 3.05) is 0 Å². The molecule has 0 saturated carbocycles. The number of nitrogens with zero attached hydrogens (tertiary/aromatic N) is 2. The molecule has 0 atom stereocenters. The maximum atomic E-state index is 6.84. The van der Waals surface area contributed by atoms with Crippen LogP contribution in [0.2, 0.25) is 0 Å². The van der Waals surface area contributed by atoms with Gasteiger partial charge in [0.2, 0.25) is 0 Å². The van der Waals surface area contributed by atoms with Crippen LogP contribution in [0.15, 0.2) is 188 Å². The molecule has 2 heterocycles. The largest absolute Gasteiger partial charge is 0.398 e. The Morgan fingerprint density at radius 3 is 1.84 bits per heavy atom. The minimum absolute atomic E-state index is 0.772. The van der Waals surface area contributed by atoms with E-state index in [4.69, 9.17) is 5.73 Å². The van der Waals surface area contributed by atoms with Gasteiger partial charge in [0.05, 0.1) is 11.0 Å². The standard InChI is InChI=1S/C46H33N3.C6H6/c1-48-43-22-20-30(29-11-8-13-33(24-29)42(47)27-32-12-9-17-36-35-14-3-2-10-31(35)26-39(32)36)25-40(43)41-28-34(21-23-44(41)48)49-45-18-6-4-15-37(45)38-16-5-7-19-46(38)49;1-2-4-6-5-3-1/h2-25,27-28H,26,47H2,1H3;1-6H/b42-27-;. The van der Waals surface area contributed by atoms with E-state index in [2.05, 4.69) is 174 Å². The van der Waals surface area contributed by atoms with Crippen molar-refractivity contribution in [2.24, 2.45) is 12.8 Å². The monoisotopic (exact) mass is 705 g/mol. The Morgan fingerprint density at radius 2 is 1.09 bits per heavy atom. The van der Waals surface area contributed by atoms with E-state index in [1.54, 1.807) is 0 Å². The summed E-state index contributed by atoms with van der Waals surface area (Å²) >= 11 is 0. The predicted octanol–water partition coefficient (Wildman–Crippen LogP) is 12.8. The Kier molecular flexibility index (Phi) is 7.92. The van der Waals surface area contributed by atoms with Crippen molar-refractivity contribution in [3.8, 4) is 27.9 Å². The zero-order valence-corrected chi connectivity index (χ0v) is 30.7. The van der Waals surface area contributed by atoms with Gasteiger partial charge in [-0.2, -0.15) is 0 Å². The molecule has 1 aliphatic carbocycles. The third-order valence-electron chi connectivity index (χ3n) is 11.2. The first-order valence-electron chi connectivity index (χ1n) is 18.9. The number of aromatic nitrogens is 2. The lowest BCUT2D eigenvalue weighted by Gasteiger charge is -2.09. The molecular weight excluding hydrogens is 667 g/mol. The van der Waals surface area contributed by atoms with Crippen LogP contribution < -0.4 is 5.73 Å². The van der Waals surface area contributed by atoms with E-state index in [9.17, 15) is 0 Å². The number of hydrogen-bond acceptors (Lipinski definition) is 1. The SMILES string of the molecule is Cn1c2ccc(-c3cccc(/C(N)=C/c4cccc5c4Cc4ccccc4-5)c3)cc2c2cc(-n3c4ccccc4c4ccccc43)ccc21.c1ccccc1. The summed E-state index contributed by atoms with van der Waals surface area (Å²) in [4.78, 5) is 0. The molecule has 55 heavy (non-hydrogen) atoms. The molecule has 2 aromatic heterocycles. The lowest BCUT2D eigenvalue weighted by Crippen LogP contribution is -1.97. The number of benzene rings is 8. The second kappa shape index (κ2) is 13.4. The quantitative estimate of drug-likeness (QED) is 0.182. The highest BCUT2D eigenvalue weighted by atomic mass is 15.0. The van der Waals surface area contributed by atoms with E-state index < -0.39 is 0 Å². The van der Waals surface area contributed by atoms with Crippen LogP contribution in [0.1, 0.15) is 22.3 Å². The van der Waals surface area contributed by atoms with E-state index in [-0.39, 0.29) is 0 Å². The molecule has 3 nitrogen and oxygen atoms in total. The minimum atomic E-state index is 0.772. The Bertz CT molecular complexity index is 3010. The molecule has 0 aliphatic heterocycles. The molecule has 262 valence electrons.